The van der Waals surface area contributed by atoms with Gasteiger partial charge in [-0.3, -0.25) is 9.59 Å². The Morgan fingerprint density at radius 1 is 1.00 bits per heavy atom. The summed E-state index contributed by atoms with van der Waals surface area (Å²) in [6.45, 7) is 6.29. The number of piperazine rings is 1. The number of carbonyl (C=O) groups excluding carboxylic acids is 2. The number of likely N-dealkylation sites (N-methyl/N-ethyl adjacent to an activating group) is 1. The Bertz CT molecular complexity index is 1100. The van der Waals surface area contributed by atoms with E-state index in [2.05, 4.69) is 47.2 Å². The quantitative estimate of drug-likeness (QED) is 0.493. The van der Waals surface area contributed by atoms with Gasteiger partial charge in [-0.1, -0.05) is 48.6 Å². The van der Waals surface area contributed by atoms with Crippen LogP contribution < -0.4 is 0 Å². The van der Waals surface area contributed by atoms with Gasteiger partial charge in [0.2, 0.25) is 0 Å². The van der Waals surface area contributed by atoms with Crippen molar-refractivity contribution in [3.8, 4) is 0 Å². The van der Waals surface area contributed by atoms with E-state index >= 15 is 0 Å². The van der Waals surface area contributed by atoms with Gasteiger partial charge in [-0.15, -0.1) is 0 Å². The molecule has 0 radical (unpaired) electrons. The van der Waals surface area contributed by atoms with Crippen LogP contribution in [0.2, 0.25) is 0 Å². The van der Waals surface area contributed by atoms with Crippen LogP contribution in [0, 0.1) is 0 Å². The Morgan fingerprint density at radius 3 is 2.50 bits per heavy atom. The molecule has 0 aromatic heterocycles. The predicted octanol–water partition coefficient (Wildman–Crippen LogP) is 3.37. The minimum absolute atomic E-state index is 0.0437. The van der Waals surface area contributed by atoms with Gasteiger partial charge in [0, 0.05) is 44.8 Å². The Hall–Kier alpha value is -3.06. The van der Waals surface area contributed by atoms with Crippen molar-refractivity contribution < 1.29 is 14.7 Å². The molecule has 36 heavy (non-hydrogen) atoms. The molecule has 1 saturated heterocycles. The van der Waals surface area contributed by atoms with Crippen molar-refractivity contribution in [2.45, 2.75) is 19.3 Å². The molecule has 1 heterocycles. The van der Waals surface area contributed by atoms with Crippen LogP contribution in [-0.4, -0.2) is 91.0 Å². The largest absolute Gasteiger partial charge is 0.388 e. The summed E-state index contributed by atoms with van der Waals surface area (Å²) in [5.74, 6) is -0.299. The summed E-state index contributed by atoms with van der Waals surface area (Å²) in [6, 6.07) is 15.9. The number of fused-ring (bicyclic) bond motifs is 1. The van der Waals surface area contributed by atoms with E-state index in [1.165, 1.54) is 22.8 Å². The number of hydrogen-bond acceptors (Lipinski definition) is 5. The van der Waals surface area contributed by atoms with Crippen LogP contribution >= 0.6 is 0 Å². The Balaban J connectivity index is 1.40. The Morgan fingerprint density at radius 2 is 1.75 bits per heavy atom. The lowest BCUT2D eigenvalue weighted by molar-refractivity contribution is -0.117. The SMILES string of the molecule is CN1CCN(CCCN(CCC2=CCc3ccccc32)C(=O)c2ccc(/C=C/C(=O)CO)cc2)CC1. The van der Waals surface area contributed by atoms with E-state index in [1.807, 2.05) is 29.2 Å². The fourth-order valence-corrected chi connectivity index (χ4v) is 4.88. The van der Waals surface area contributed by atoms with Crippen LogP contribution in [0.25, 0.3) is 11.6 Å². The van der Waals surface area contributed by atoms with Crippen molar-refractivity contribution in [3.05, 3.63) is 82.9 Å². The fraction of sp³-hybridized carbons (Fsp3) is 0.400. The number of amides is 1. The zero-order valence-corrected chi connectivity index (χ0v) is 21.2. The summed E-state index contributed by atoms with van der Waals surface area (Å²) in [6.07, 6.45) is 8.08. The molecule has 0 unspecified atom stereocenters. The van der Waals surface area contributed by atoms with E-state index in [1.54, 1.807) is 6.08 Å². The molecule has 4 rings (SSSR count). The summed E-state index contributed by atoms with van der Waals surface area (Å²) in [5, 5.41) is 8.88. The first-order valence-corrected chi connectivity index (χ1v) is 12.9. The lowest BCUT2D eigenvalue weighted by Gasteiger charge is -2.33. The third kappa shape index (κ3) is 7.00. The first kappa shape index (κ1) is 26.0. The number of aliphatic hydroxyl groups is 1. The summed E-state index contributed by atoms with van der Waals surface area (Å²) in [7, 11) is 2.17. The van der Waals surface area contributed by atoms with Crippen LogP contribution in [0.5, 0.6) is 0 Å². The zero-order valence-electron chi connectivity index (χ0n) is 21.2. The lowest BCUT2D eigenvalue weighted by atomic mass is 10.0. The van der Waals surface area contributed by atoms with Crippen molar-refractivity contribution in [3.63, 3.8) is 0 Å². The molecule has 1 aliphatic carbocycles. The molecule has 0 saturated carbocycles. The van der Waals surface area contributed by atoms with Crippen LogP contribution in [0.15, 0.2) is 60.7 Å². The summed E-state index contributed by atoms with van der Waals surface area (Å²) < 4.78 is 0. The number of rotatable bonds is 11. The van der Waals surface area contributed by atoms with Gasteiger partial charge >= 0.3 is 0 Å². The molecule has 1 amide bonds. The molecule has 2 aromatic rings. The molecule has 190 valence electrons. The molecular formula is C30H37N3O3. The van der Waals surface area contributed by atoms with Crippen molar-refractivity contribution in [1.29, 1.82) is 0 Å². The van der Waals surface area contributed by atoms with E-state index in [0.29, 0.717) is 12.1 Å². The van der Waals surface area contributed by atoms with Crippen molar-refractivity contribution >= 4 is 23.3 Å². The summed E-state index contributed by atoms with van der Waals surface area (Å²) in [4.78, 5) is 31.7. The molecule has 2 aliphatic rings. The molecule has 0 spiro atoms. The molecule has 2 aromatic carbocycles. The predicted molar refractivity (Wildman–Crippen MR) is 145 cm³/mol. The molecule has 0 bridgehead atoms. The average Bonchev–Trinajstić information content (AvgIpc) is 3.33. The maximum Gasteiger partial charge on any atom is 0.253 e. The standard InChI is InChI=1S/C30H37N3O3/c1-31-19-21-32(22-20-31)16-4-17-33(18-15-26-13-12-25-5-2-3-6-29(25)26)30(36)27-10-7-24(8-11-27)9-14-28(35)23-34/h2-3,5-11,13-14,34H,4,12,15-23H2,1H3/b14-9+. The van der Waals surface area contributed by atoms with Gasteiger partial charge in [-0.2, -0.15) is 0 Å². The highest BCUT2D eigenvalue weighted by molar-refractivity contribution is 5.96. The second-order valence-corrected chi connectivity index (χ2v) is 9.71. The number of ketones is 1. The van der Waals surface area contributed by atoms with Crippen molar-refractivity contribution in [2.24, 2.45) is 0 Å². The number of benzene rings is 2. The second-order valence-electron chi connectivity index (χ2n) is 9.71. The fourth-order valence-electron chi connectivity index (χ4n) is 4.88. The van der Waals surface area contributed by atoms with Crippen molar-refractivity contribution in [1.82, 2.24) is 14.7 Å². The number of aliphatic hydroxyl groups excluding tert-OH is 1. The molecule has 1 aliphatic heterocycles. The van der Waals surface area contributed by atoms with Gasteiger partial charge in [0.15, 0.2) is 5.78 Å². The highest BCUT2D eigenvalue weighted by atomic mass is 16.3. The van der Waals surface area contributed by atoms with Crippen molar-refractivity contribution in [2.75, 3.05) is 59.5 Å². The first-order chi connectivity index (χ1) is 17.5. The zero-order chi connectivity index (χ0) is 25.3. The van der Waals surface area contributed by atoms with Crippen LogP contribution in [-0.2, 0) is 11.2 Å². The van der Waals surface area contributed by atoms with Crippen LogP contribution in [0.1, 0.15) is 39.9 Å². The number of nitrogens with zero attached hydrogens (tertiary/aromatic N) is 3. The van der Waals surface area contributed by atoms with Gasteiger partial charge in [-0.05, 0) is 73.3 Å². The number of carbonyl (C=O) groups is 2. The monoisotopic (exact) mass is 487 g/mol. The second kappa shape index (κ2) is 12.8. The van der Waals surface area contributed by atoms with E-state index in [0.717, 1.165) is 64.1 Å². The maximum atomic E-state index is 13.5. The summed E-state index contributed by atoms with van der Waals surface area (Å²) in [5.41, 5.74) is 5.49. The topological polar surface area (TPSA) is 64.1 Å². The van der Waals surface area contributed by atoms with Crippen LogP contribution in [0.3, 0.4) is 0 Å². The molecule has 6 nitrogen and oxygen atoms in total. The molecular weight excluding hydrogens is 450 g/mol. The molecule has 0 atom stereocenters. The highest BCUT2D eigenvalue weighted by Gasteiger charge is 2.20. The van der Waals surface area contributed by atoms with Gasteiger partial charge in [0.05, 0.1) is 0 Å². The average molecular weight is 488 g/mol. The minimum Gasteiger partial charge on any atom is -0.388 e. The summed E-state index contributed by atoms with van der Waals surface area (Å²) >= 11 is 0. The maximum absolute atomic E-state index is 13.5. The van der Waals surface area contributed by atoms with Gasteiger partial charge in [0.25, 0.3) is 5.91 Å². The third-order valence-corrected chi connectivity index (χ3v) is 7.14. The first-order valence-electron chi connectivity index (χ1n) is 12.9. The van der Waals surface area contributed by atoms with Gasteiger partial charge < -0.3 is 19.8 Å². The molecule has 6 heteroatoms. The Labute approximate surface area is 214 Å². The van der Waals surface area contributed by atoms with E-state index < -0.39 is 6.61 Å². The van der Waals surface area contributed by atoms with E-state index in [-0.39, 0.29) is 11.7 Å². The Kier molecular flexibility index (Phi) is 9.23. The lowest BCUT2D eigenvalue weighted by Crippen LogP contribution is -2.45. The number of hydrogen-bond donors (Lipinski definition) is 1. The van der Waals surface area contributed by atoms with E-state index in [4.69, 9.17) is 5.11 Å². The number of allylic oxidation sites excluding steroid dienone is 1. The van der Waals surface area contributed by atoms with Crippen LogP contribution in [0.4, 0.5) is 0 Å². The molecule has 1 N–H and O–H groups in total. The highest BCUT2D eigenvalue weighted by Crippen LogP contribution is 2.29. The van der Waals surface area contributed by atoms with Gasteiger partial charge in [-0.25, -0.2) is 0 Å². The molecule has 1 fully saturated rings. The normalized spacial score (nSPS) is 16.2. The van der Waals surface area contributed by atoms with Gasteiger partial charge in [0.1, 0.15) is 6.61 Å². The smallest absolute Gasteiger partial charge is 0.253 e. The van der Waals surface area contributed by atoms with E-state index in [9.17, 15) is 9.59 Å². The minimum atomic E-state index is -0.503. The third-order valence-electron chi connectivity index (χ3n) is 7.14.